The third-order valence-electron chi connectivity index (χ3n) is 4.00. The van der Waals surface area contributed by atoms with Gasteiger partial charge in [0.1, 0.15) is 5.75 Å². The van der Waals surface area contributed by atoms with E-state index in [0.717, 1.165) is 18.6 Å². The first kappa shape index (κ1) is 13.1. The van der Waals surface area contributed by atoms with Gasteiger partial charge in [-0.3, -0.25) is 4.98 Å². The minimum absolute atomic E-state index is 0.281. The number of aryl methyl sites for hydroxylation is 1. The molecule has 1 N–H and O–H groups in total. The van der Waals surface area contributed by atoms with E-state index in [-0.39, 0.29) is 6.04 Å². The van der Waals surface area contributed by atoms with Gasteiger partial charge in [0.25, 0.3) is 0 Å². The molecule has 0 saturated carbocycles. The Labute approximate surface area is 120 Å². The van der Waals surface area contributed by atoms with Crippen LogP contribution in [0.3, 0.4) is 0 Å². The van der Waals surface area contributed by atoms with Gasteiger partial charge in [-0.15, -0.1) is 0 Å². The maximum absolute atomic E-state index is 5.29. The van der Waals surface area contributed by atoms with Gasteiger partial charge in [0, 0.05) is 12.2 Å². The van der Waals surface area contributed by atoms with E-state index in [4.69, 9.17) is 4.74 Å². The number of rotatable bonds is 4. The Bertz CT molecular complexity index is 597. The van der Waals surface area contributed by atoms with Crippen LogP contribution in [0.1, 0.15) is 42.2 Å². The quantitative estimate of drug-likeness (QED) is 0.922. The van der Waals surface area contributed by atoms with Crippen molar-refractivity contribution < 1.29 is 4.74 Å². The second kappa shape index (κ2) is 5.63. The van der Waals surface area contributed by atoms with Crippen molar-refractivity contribution in [3.63, 3.8) is 0 Å². The van der Waals surface area contributed by atoms with Crippen molar-refractivity contribution in [3.8, 4) is 5.75 Å². The number of fused-ring (bicyclic) bond motifs is 1. The Morgan fingerprint density at radius 3 is 3.05 bits per heavy atom. The van der Waals surface area contributed by atoms with Gasteiger partial charge in [-0.05, 0) is 49.1 Å². The first-order valence-corrected chi connectivity index (χ1v) is 7.11. The largest absolute Gasteiger partial charge is 0.497 e. The van der Waals surface area contributed by atoms with Gasteiger partial charge in [0.05, 0.1) is 18.8 Å². The lowest BCUT2D eigenvalue weighted by Gasteiger charge is -2.20. The molecule has 0 saturated heterocycles. The van der Waals surface area contributed by atoms with Gasteiger partial charge >= 0.3 is 0 Å². The molecule has 1 heterocycles. The van der Waals surface area contributed by atoms with Crippen LogP contribution in [0.5, 0.6) is 5.75 Å². The van der Waals surface area contributed by atoms with E-state index in [9.17, 15) is 0 Å². The van der Waals surface area contributed by atoms with E-state index in [2.05, 4.69) is 35.4 Å². The average Bonchev–Trinajstić information content (AvgIpc) is 2.90. The van der Waals surface area contributed by atoms with Crippen molar-refractivity contribution in [3.05, 3.63) is 59.4 Å². The van der Waals surface area contributed by atoms with Crippen LogP contribution >= 0.6 is 0 Å². The molecule has 0 bridgehead atoms. The number of methoxy groups -OCH3 is 1. The molecule has 3 heteroatoms. The lowest BCUT2D eigenvalue weighted by Crippen LogP contribution is -2.23. The van der Waals surface area contributed by atoms with Crippen LogP contribution in [0.15, 0.2) is 42.6 Å². The molecule has 2 atom stereocenters. The minimum atomic E-state index is 0.281. The third kappa shape index (κ3) is 2.54. The fourth-order valence-electron chi connectivity index (χ4n) is 2.88. The summed E-state index contributed by atoms with van der Waals surface area (Å²) in [5, 5.41) is 3.68. The Kier molecular flexibility index (Phi) is 3.70. The van der Waals surface area contributed by atoms with Crippen LogP contribution in [0.25, 0.3) is 0 Å². The number of benzene rings is 1. The van der Waals surface area contributed by atoms with E-state index < -0.39 is 0 Å². The van der Waals surface area contributed by atoms with Gasteiger partial charge < -0.3 is 10.1 Å². The van der Waals surface area contributed by atoms with Gasteiger partial charge in [-0.2, -0.15) is 0 Å². The van der Waals surface area contributed by atoms with Crippen LogP contribution < -0.4 is 10.1 Å². The zero-order chi connectivity index (χ0) is 13.9. The molecule has 1 aliphatic rings. The number of hydrogen-bond donors (Lipinski definition) is 1. The maximum atomic E-state index is 5.29. The topological polar surface area (TPSA) is 34.1 Å². The molecule has 0 spiro atoms. The average molecular weight is 268 g/mol. The number of aromatic nitrogens is 1. The maximum Gasteiger partial charge on any atom is 0.119 e. The number of nitrogens with zero attached hydrogens (tertiary/aromatic N) is 1. The van der Waals surface area contributed by atoms with Crippen LogP contribution in [-0.4, -0.2) is 12.1 Å². The Morgan fingerprint density at radius 1 is 1.30 bits per heavy atom. The van der Waals surface area contributed by atoms with Gasteiger partial charge in [-0.1, -0.05) is 18.2 Å². The summed E-state index contributed by atoms with van der Waals surface area (Å²) in [6.07, 6.45) is 4.13. The van der Waals surface area contributed by atoms with Gasteiger partial charge in [-0.25, -0.2) is 0 Å². The normalized spacial score (nSPS) is 18.6. The lowest BCUT2D eigenvalue weighted by molar-refractivity contribution is 0.411. The number of nitrogens with one attached hydrogen (secondary N) is 1. The molecule has 0 amide bonds. The van der Waals surface area contributed by atoms with E-state index in [1.54, 1.807) is 7.11 Å². The molecule has 20 heavy (non-hydrogen) atoms. The van der Waals surface area contributed by atoms with Crippen LogP contribution in [0, 0.1) is 0 Å². The van der Waals surface area contributed by atoms with Crippen molar-refractivity contribution >= 4 is 0 Å². The smallest absolute Gasteiger partial charge is 0.119 e. The monoisotopic (exact) mass is 268 g/mol. The predicted octanol–water partition coefficient (Wildman–Crippen LogP) is 3.43. The molecule has 0 aliphatic heterocycles. The Balaban J connectivity index is 1.75. The molecule has 1 aliphatic carbocycles. The van der Waals surface area contributed by atoms with Crippen LogP contribution in [0.2, 0.25) is 0 Å². The highest BCUT2D eigenvalue weighted by Crippen LogP contribution is 2.31. The van der Waals surface area contributed by atoms with E-state index in [1.165, 1.54) is 16.8 Å². The molecule has 3 nitrogen and oxygen atoms in total. The van der Waals surface area contributed by atoms with Gasteiger partial charge in [0.15, 0.2) is 0 Å². The fourth-order valence-corrected chi connectivity index (χ4v) is 2.88. The Hall–Kier alpha value is -1.87. The lowest BCUT2D eigenvalue weighted by atomic mass is 10.1. The second-order valence-corrected chi connectivity index (χ2v) is 5.30. The molecule has 2 unspecified atom stereocenters. The van der Waals surface area contributed by atoms with Crippen molar-refractivity contribution in [1.29, 1.82) is 0 Å². The predicted molar refractivity (Wildman–Crippen MR) is 79.8 cm³/mol. The van der Waals surface area contributed by atoms with Gasteiger partial charge in [0.2, 0.25) is 0 Å². The second-order valence-electron chi connectivity index (χ2n) is 5.30. The van der Waals surface area contributed by atoms with Crippen molar-refractivity contribution in [1.82, 2.24) is 10.3 Å². The number of pyridine rings is 1. The summed E-state index contributed by atoms with van der Waals surface area (Å²) >= 11 is 0. The molecule has 1 aromatic carbocycles. The molecule has 104 valence electrons. The van der Waals surface area contributed by atoms with Crippen LogP contribution in [-0.2, 0) is 6.42 Å². The molecule has 1 aromatic heterocycles. The molecule has 0 fully saturated rings. The minimum Gasteiger partial charge on any atom is -0.497 e. The molecular weight excluding hydrogens is 248 g/mol. The SMILES string of the molecule is COc1cccc(C(C)NC2CCc3cccnc32)c1. The standard InChI is InChI=1S/C17H20N2O/c1-12(14-5-3-7-15(11-14)20-2)19-16-9-8-13-6-4-10-18-17(13)16/h3-7,10-12,16,19H,8-9H2,1-2H3. The van der Waals surface area contributed by atoms with E-state index >= 15 is 0 Å². The summed E-state index contributed by atoms with van der Waals surface area (Å²) in [7, 11) is 1.70. The highest BCUT2D eigenvalue weighted by molar-refractivity contribution is 5.32. The fraction of sp³-hybridized carbons (Fsp3) is 0.353. The molecule has 2 aromatic rings. The third-order valence-corrected chi connectivity index (χ3v) is 4.00. The first-order valence-electron chi connectivity index (χ1n) is 7.11. The number of ether oxygens (including phenoxy) is 1. The zero-order valence-corrected chi connectivity index (χ0v) is 12.0. The summed E-state index contributed by atoms with van der Waals surface area (Å²) in [6, 6.07) is 13.1. The highest BCUT2D eigenvalue weighted by Gasteiger charge is 2.24. The Morgan fingerprint density at radius 2 is 2.20 bits per heavy atom. The highest BCUT2D eigenvalue weighted by atomic mass is 16.5. The van der Waals surface area contributed by atoms with E-state index in [1.807, 2.05) is 24.4 Å². The summed E-state index contributed by atoms with van der Waals surface area (Å²) < 4.78 is 5.29. The van der Waals surface area contributed by atoms with Crippen molar-refractivity contribution in [2.45, 2.75) is 31.8 Å². The molecule has 0 radical (unpaired) electrons. The summed E-state index contributed by atoms with van der Waals surface area (Å²) in [6.45, 7) is 2.19. The van der Waals surface area contributed by atoms with Crippen molar-refractivity contribution in [2.75, 3.05) is 7.11 Å². The molecular formula is C17H20N2O. The molecule has 3 rings (SSSR count). The number of hydrogen-bond acceptors (Lipinski definition) is 3. The summed E-state index contributed by atoms with van der Waals surface area (Å²) in [5.74, 6) is 0.904. The summed E-state index contributed by atoms with van der Waals surface area (Å²) in [5.41, 5.74) is 3.83. The van der Waals surface area contributed by atoms with E-state index in [0.29, 0.717) is 6.04 Å². The summed E-state index contributed by atoms with van der Waals surface area (Å²) in [4.78, 5) is 4.53. The van der Waals surface area contributed by atoms with Crippen molar-refractivity contribution in [2.24, 2.45) is 0 Å². The zero-order valence-electron chi connectivity index (χ0n) is 12.0. The first-order chi connectivity index (χ1) is 9.78. The van der Waals surface area contributed by atoms with Crippen LogP contribution in [0.4, 0.5) is 0 Å².